The van der Waals surface area contributed by atoms with E-state index in [2.05, 4.69) is 23.1 Å². The van der Waals surface area contributed by atoms with E-state index in [1.165, 1.54) is 0 Å². The largest absolute Gasteiger partial charge is 0.477 e. The van der Waals surface area contributed by atoms with Gasteiger partial charge in [0.15, 0.2) is 0 Å². The van der Waals surface area contributed by atoms with Gasteiger partial charge in [-0.2, -0.15) is 11.8 Å². The highest BCUT2D eigenvalue weighted by Gasteiger charge is 2.14. The summed E-state index contributed by atoms with van der Waals surface area (Å²) in [6.07, 6.45) is 6.67. The number of rotatable bonds is 8. The van der Waals surface area contributed by atoms with Gasteiger partial charge in [-0.3, -0.25) is 0 Å². The summed E-state index contributed by atoms with van der Waals surface area (Å²) in [6, 6.07) is 1.87. The number of halogens is 1. The quantitative estimate of drug-likeness (QED) is 0.533. The van der Waals surface area contributed by atoms with Gasteiger partial charge in [-0.15, -0.1) is 0 Å². The van der Waals surface area contributed by atoms with Crippen molar-refractivity contribution in [3.63, 3.8) is 0 Å². The van der Waals surface area contributed by atoms with Gasteiger partial charge in [0.25, 0.3) is 0 Å². The minimum absolute atomic E-state index is 0.226. The average molecular weight is 341 g/mol. The second kappa shape index (κ2) is 8.56. The van der Waals surface area contributed by atoms with E-state index < -0.39 is 0 Å². The maximum absolute atomic E-state index is 6.06. The van der Waals surface area contributed by atoms with E-state index in [4.69, 9.17) is 21.1 Å². The zero-order valence-electron chi connectivity index (χ0n) is 13.1. The molecule has 1 unspecified atom stereocenters. The van der Waals surface area contributed by atoms with Crippen molar-refractivity contribution in [2.24, 2.45) is 0 Å². The van der Waals surface area contributed by atoms with Gasteiger partial charge < -0.3 is 9.47 Å². The van der Waals surface area contributed by atoms with Gasteiger partial charge in [-0.25, -0.2) is 9.97 Å². The highest BCUT2D eigenvalue weighted by atomic mass is 35.5. The van der Waals surface area contributed by atoms with Gasteiger partial charge in [-0.05, 0) is 35.4 Å². The molecule has 0 saturated heterocycles. The average Bonchev–Trinajstić information content (AvgIpc) is 2.51. The molecule has 0 N–H and O–H groups in total. The first kappa shape index (κ1) is 17.3. The Bertz CT molecular complexity index is 624. The van der Waals surface area contributed by atoms with Gasteiger partial charge in [0.1, 0.15) is 5.15 Å². The molecule has 6 heteroatoms. The van der Waals surface area contributed by atoms with E-state index in [0.717, 1.165) is 28.5 Å². The first-order valence-corrected chi connectivity index (χ1v) is 8.99. The van der Waals surface area contributed by atoms with Crippen molar-refractivity contribution >= 4 is 34.1 Å². The van der Waals surface area contributed by atoms with Crippen LogP contribution >= 0.6 is 23.4 Å². The Morgan fingerprint density at radius 3 is 2.82 bits per heavy atom. The van der Waals surface area contributed by atoms with Crippen molar-refractivity contribution in [2.75, 3.05) is 32.3 Å². The summed E-state index contributed by atoms with van der Waals surface area (Å²) in [7, 11) is 1.70. The van der Waals surface area contributed by atoms with Crippen molar-refractivity contribution in [2.45, 2.75) is 19.3 Å². The van der Waals surface area contributed by atoms with Gasteiger partial charge in [0.2, 0.25) is 5.88 Å². The van der Waals surface area contributed by atoms with Crippen molar-refractivity contribution in [3.8, 4) is 5.88 Å². The SMILES string of the molecule is COCC(C)c1cnc(OCCCSC)c2cnc(Cl)cc12. The Labute approximate surface area is 140 Å². The number of fused-ring (bicyclic) bond motifs is 1. The topological polar surface area (TPSA) is 44.2 Å². The lowest BCUT2D eigenvalue weighted by atomic mass is 9.99. The Morgan fingerprint density at radius 2 is 2.09 bits per heavy atom. The molecule has 0 aliphatic rings. The van der Waals surface area contributed by atoms with Crippen LogP contribution in [0.1, 0.15) is 24.8 Å². The third-order valence-corrected chi connectivity index (χ3v) is 4.32. The Hall–Kier alpha value is -1.04. The van der Waals surface area contributed by atoms with Gasteiger partial charge in [0.05, 0.1) is 18.6 Å². The monoisotopic (exact) mass is 340 g/mol. The molecular weight excluding hydrogens is 320 g/mol. The molecule has 0 aromatic carbocycles. The molecule has 2 aromatic heterocycles. The molecule has 1 atom stereocenters. The third kappa shape index (κ3) is 4.24. The number of hydrogen-bond donors (Lipinski definition) is 0. The number of hydrogen-bond acceptors (Lipinski definition) is 5. The number of thioether (sulfide) groups is 1. The maximum atomic E-state index is 6.06. The van der Waals surface area contributed by atoms with Crippen molar-refractivity contribution < 1.29 is 9.47 Å². The molecule has 4 nitrogen and oxygen atoms in total. The molecule has 22 heavy (non-hydrogen) atoms. The zero-order chi connectivity index (χ0) is 15.9. The van der Waals surface area contributed by atoms with Crippen molar-refractivity contribution in [3.05, 3.63) is 29.2 Å². The number of aromatic nitrogens is 2. The fourth-order valence-corrected chi connectivity index (χ4v) is 2.89. The lowest BCUT2D eigenvalue weighted by molar-refractivity contribution is 0.184. The van der Waals surface area contributed by atoms with Gasteiger partial charge >= 0.3 is 0 Å². The number of nitrogens with zero attached hydrogens (tertiary/aromatic N) is 2. The van der Waals surface area contributed by atoms with E-state index >= 15 is 0 Å². The highest BCUT2D eigenvalue weighted by molar-refractivity contribution is 7.98. The summed E-state index contributed by atoms with van der Waals surface area (Å²) >= 11 is 7.87. The molecule has 0 aliphatic heterocycles. The maximum Gasteiger partial charge on any atom is 0.222 e. The molecule has 120 valence electrons. The number of pyridine rings is 2. The first-order chi connectivity index (χ1) is 10.7. The lowest BCUT2D eigenvalue weighted by Crippen LogP contribution is -2.06. The van der Waals surface area contributed by atoms with E-state index in [9.17, 15) is 0 Å². The molecule has 0 fully saturated rings. The highest BCUT2D eigenvalue weighted by Crippen LogP contribution is 2.31. The molecule has 0 bridgehead atoms. The molecule has 0 radical (unpaired) electrons. The lowest BCUT2D eigenvalue weighted by Gasteiger charge is -2.15. The fourth-order valence-electron chi connectivity index (χ4n) is 2.33. The number of ether oxygens (including phenoxy) is 2. The Morgan fingerprint density at radius 1 is 1.27 bits per heavy atom. The summed E-state index contributed by atoms with van der Waals surface area (Å²) in [5.74, 6) is 1.92. The molecule has 2 rings (SSSR count). The zero-order valence-corrected chi connectivity index (χ0v) is 14.7. The third-order valence-electron chi connectivity index (χ3n) is 3.41. The summed E-state index contributed by atoms with van der Waals surface area (Å²) in [6.45, 7) is 3.39. The minimum atomic E-state index is 0.226. The van der Waals surface area contributed by atoms with Crippen LogP contribution in [0, 0.1) is 0 Å². The second-order valence-corrected chi connectivity index (χ2v) is 6.50. The van der Waals surface area contributed by atoms with Crippen LogP contribution in [0.25, 0.3) is 10.8 Å². The predicted octanol–water partition coefficient (Wildman–Crippen LogP) is 4.17. The van der Waals surface area contributed by atoms with Gasteiger partial charge in [0, 0.05) is 25.4 Å². The second-order valence-electron chi connectivity index (χ2n) is 5.12. The molecule has 0 aliphatic carbocycles. The number of methoxy groups -OCH3 is 1. The van der Waals surface area contributed by atoms with Crippen LogP contribution < -0.4 is 4.74 Å². The minimum Gasteiger partial charge on any atom is -0.477 e. The van der Waals surface area contributed by atoms with Crippen molar-refractivity contribution in [1.82, 2.24) is 9.97 Å². The molecule has 0 amide bonds. The van der Waals surface area contributed by atoms with E-state index in [1.54, 1.807) is 13.3 Å². The van der Waals surface area contributed by atoms with Crippen LogP contribution in [0.5, 0.6) is 5.88 Å². The summed E-state index contributed by atoms with van der Waals surface area (Å²) in [5, 5.41) is 2.39. The van der Waals surface area contributed by atoms with E-state index in [-0.39, 0.29) is 5.92 Å². The standard InChI is InChI=1S/C16H21ClN2O2S/c1-11(10-20-2)13-8-19-16(21-5-4-6-22-3)14-9-18-15(17)7-12(13)14/h7-9,11H,4-6,10H2,1-3H3. The van der Waals surface area contributed by atoms with E-state index in [1.807, 2.05) is 24.0 Å². The normalized spacial score (nSPS) is 12.5. The van der Waals surface area contributed by atoms with Crippen LogP contribution in [0.3, 0.4) is 0 Å². The Kier molecular flexibility index (Phi) is 6.73. The molecule has 0 spiro atoms. The summed E-state index contributed by atoms with van der Waals surface area (Å²) < 4.78 is 11.1. The first-order valence-electron chi connectivity index (χ1n) is 7.22. The molecule has 2 heterocycles. The van der Waals surface area contributed by atoms with Crippen molar-refractivity contribution in [1.29, 1.82) is 0 Å². The van der Waals surface area contributed by atoms with Gasteiger partial charge in [-0.1, -0.05) is 18.5 Å². The molecular formula is C16H21ClN2O2S. The fraction of sp³-hybridized carbons (Fsp3) is 0.500. The summed E-state index contributed by atoms with van der Waals surface area (Å²) in [5.41, 5.74) is 1.10. The summed E-state index contributed by atoms with van der Waals surface area (Å²) in [4.78, 5) is 8.64. The van der Waals surface area contributed by atoms with Crippen LogP contribution in [-0.4, -0.2) is 42.3 Å². The molecule has 2 aromatic rings. The molecule has 0 saturated carbocycles. The van der Waals surface area contributed by atoms with Crippen LogP contribution in [0.4, 0.5) is 0 Å². The predicted molar refractivity (Wildman–Crippen MR) is 93.3 cm³/mol. The smallest absolute Gasteiger partial charge is 0.222 e. The van der Waals surface area contributed by atoms with Crippen LogP contribution in [0.15, 0.2) is 18.5 Å². The van der Waals surface area contributed by atoms with Crippen LogP contribution in [-0.2, 0) is 4.74 Å². The Balaban J connectivity index is 2.34. The van der Waals surface area contributed by atoms with Crippen LogP contribution in [0.2, 0.25) is 5.15 Å². The van der Waals surface area contributed by atoms with E-state index in [0.29, 0.717) is 24.2 Å².